The predicted octanol–water partition coefficient (Wildman–Crippen LogP) is 3.24. The van der Waals surface area contributed by atoms with Crippen LogP contribution in [0.2, 0.25) is 0 Å². The van der Waals surface area contributed by atoms with Crippen LogP contribution < -0.4 is 0 Å². The summed E-state index contributed by atoms with van der Waals surface area (Å²) in [5.41, 5.74) is 4.24. The monoisotopic (exact) mass is 309 g/mol. The van der Waals surface area contributed by atoms with E-state index in [1.54, 1.807) is 6.08 Å². The van der Waals surface area contributed by atoms with Gasteiger partial charge in [-0.05, 0) is 38.3 Å². The number of hydrogen-bond acceptors (Lipinski definition) is 2. The van der Waals surface area contributed by atoms with Gasteiger partial charge in [-0.3, -0.25) is 9.48 Å². The number of amides is 1. The van der Waals surface area contributed by atoms with Gasteiger partial charge < -0.3 is 4.90 Å². The Morgan fingerprint density at radius 3 is 2.57 bits per heavy atom. The van der Waals surface area contributed by atoms with Crippen LogP contribution in [0.4, 0.5) is 0 Å². The molecule has 4 heteroatoms. The molecule has 0 unspecified atom stereocenters. The Kier molecular flexibility index (Phi) is 4.33. The lowest BCUT2D eigenvalue weighted by atomic mass is 10.1. The first-order chi connectivity index (χ1) is 11.1. The van der Waals surface area contributed by atoms with Crippen molar-refractivity contribution in [2.24, 2.45) is 7.05 Å². The summed E-state index contributed by atoms with van der Waals surface area (Å²) < 4.78 is 1.85. The summed E-state index contributed by atoms with van der Waals surface area (Å²) in [7, 11) is 1.92. The first-order valence-corrected chi connectivity index (χ1v) is 8.09. The van der Waals surface area contributed by atoms with Gasteiger partial charge in [-0.15, -0.1) is 0 Å². The first kappa shape index (κ1) is 15.5. The number of rotatable bonds is 5. The van der Waals surface area contributed by atoms with E-state index >= 15 is 0 Å². The van der Waals surface area contributed by atoms with Gasteiger partial charge in [0.25, 0.3) is 0 Å². The second-order valence-electron chi connectivity index (χ2n) is 6.22. The van der Waals surface area contributed by atoms with Crippen molar-refractivity contribution in [3.8, 4) is 0 Å². The number of aryl methyl sites for hydroxylation is 2. The molecule has 1 aromatic heterocycles. The summed E-state index contributed by atoms with van der Waals surface area (Å²) >= 11 is 0. The molecular weight excluding hydrogens is 286 g/mol. The van der Waals surface area contributed by atoms with Crippen LogP contribution in [0.25, 0.3) is 6.08 Å². The Morgan fingerprint density at radius 1 is 1.30 bits per heavy atom. The Labute approximate surface area is 137 Å². The standard InChI is InChI=1S/C19H23N3O/c1-14-18(15(2)21(3)20-14)11-12-19(23)22(17-9-10-17)13-16-7-5-4-6-8-16/h4-8,11-12,17H,9-10,13H2,1-3H3/b12-11+. The van der Waals surface area contributed by atoms with E-state index in [1.807, 2.05) is 54.8 Å². The number of carbonyl (C=O) groups excluding carboxylic acids is 1. The highest BCUT2D eigenvalue weighted by Crippen LogP contribution is 2.29. The summed E-state index contributed by atoms with van der Waals surface area (Å²) in [5, 5.41) is 4.39. The molecule has 0 aliphatic heterocycles. The lowest BCUT2D eigenvalue weighted by Gasteiger charge is -2.21. The van der Waals surface area contributed by atoms with Crippen LogP contribution in [0, 0.1) is 13.8 Å². The fraction of sp³-hybridized carbons (Fsp3) is 0.368. The highest BCUT2D eigenvalue weighted by Gasteiger charge is 2.31. The third-order valence-electron chi connectivity index (χ3n) is 4.42. The molecule has 0 N–H and O–H groups in total. The molecule has 1 aliphatic carbocycles. The highest BCUT2D eigenvalue weighted by atomic mass is 16.2. The number of hydrogen-bond donors (Lipinski definition) is 0. The van der Waals surface area contributed by atoms with Crippen LogP contribution in [0.5, 0.6) is 0 Å². The molecule has 3 rings (SSSR count). The van der Waals surface area contributed by atoms with Crippen molar-refractivity contribution < 1.29 is 4.79 Å². The second kappa shape index (κ2) is 6.41. The van der Waals surface area contributed by atoms with Crippen molar-refractivity contribution >= 4 is 12.0 Å². The van der Waals surface area contributed by atoms with Gasteiger partial charge in [-0.1, -0.05) is 30.3 Å². The molecule has 23 heavy (non-hydrogen) atoms. The van der Waals surface area contributed by atoms with Gasteiger partial charge in [0.15, 0.2) is 0 Å². The zero-order valence-corrected chi connectivity index (χ0v) is 14.0. The van der Waals surface area contributed by atoms with E-state index in [0.29, 0.717) is 12.6 Å². The fourth-order valence-corrected chi connectivity index (χ4v) is 2.83. The van der Waals surface area contributed by atoms with E-state index in [2.05, 4.69) is 17.2 Å². The summed E-state index contributed by atoms with van der Waals surface area (Å²) in [6.45, 7) is 4.67. The lowest BCUT2D eigenvalue weighted by Crippen LogP contribution is -2.31. The minimum Gasteiger partial charge on any atom is -0.332 e. The van der Waals surface area contributed by atoms with E-state index < -0.39 is 0 Å². The lowest BCUT2D eigenvalue weighted by molar-refractivity contribution is -0.127. The summed E-state index contributed by atoms with van der Waals surface area (Å²) in [4.78, 5) is 14.6. The molecule has 1 amide bonds. The minimum atomic E-state index is 0.0824. The van der Waals surface area contributed by atoms with E-state index in [-0.39, 0.29) is 5.91 Å². The molecule has 0 spiro atoms. The van der Waals surface area contributed by atoms with Crippen molar-refractivity contribution in [3.05, 3.63) is 58.9 Å². The van der Waals surface area contributed by atoms with Crippen LogP contribution in [0.1, 0.15) is 35.4 Å². The van der Waals surface area contributed by atoms with Crippen molar-refractivity contribution in [2.75, 3.05) is 0 Å². The van der Waals surface area contributed by atoms with Crippen molar-refractivity contribution in [2.45, 2.75) is 39.3 Å². The molecule has 2 aromatic rings. The van der Waals surface area contributed by atoms with Crippen molar-refractivity contribution in [1.82, 2.24) is 14.7 Å². The quantitative estimate of drug-likeness (QED) is 0.795. The topological polar surface area (TPSA) is 38.1 Å². The fourth-order valence-electron chi connectivity index (χ4n) is 2.83. The van der Waals surface area contributed by atoms with Gasteiger partial charge in [0.2, 0.25) is 5.91 Å². The normalized spacial score (nSPS) is 14.4. The maximum atomic E-state index is 12.6. The maximum Gasteiger partial charge on any atom is 0.247 e. The van der Waals surface area contributed by atoms with Crippen LogP contribution in [0.3, 0.4) is 0 Å². The van der Waals surface area contributed by atoms with Crippen LogP contribution in [-0.4, -0.2) is 26.6 Å². The molecule has 0 atom stereocenters. The zero-order valence-electron chi connectivity index (χ0n) is 14.0. The summed E-state index contributed by atoms with van der Waals surface area (Å²) in [5.74, 6) is 0.0824. The van der Waals surface area contributed by atoms with E-state index in [0.717, 1.165) is 29.8 Å². The van der Waals surface area contributed by atoms with Crippen molar-refractivity contribution in [1.29, 1.82) is 0 Å². The highest BCUT2D eigenvalue weighted by molar-refractivity contribution is 5.92. The van der Waals surface area contributed by atoms with Gasteiger partial charge in [0.1, 0.15) is 0 Å². The van der Waals surface area contributed by atoms with Gasteiger partial charge in [-0.25, -0.2) is 0 Å². The third-order valence-corrected chi connectivity index (χ3v) is 4.42. The largest absolute Gasteiger partial charge is 0.332 e. The van der Waals surface area contributed by atoms with Crippen LogP contribution in [-0.2, 0) is 18.4 Å². The smallest absolute Gasteiger partial charge is 0.247 e. The molecule has 1 aliphatic rings. The Bertz CT molecular complexity index is 727. The minimum absolute atomic E-state index is 0.0824. The third kappa shape index (κ3) is 3.52. The van der Waals surface area contributed by atoms with Gasteiger partial charge in [-0.2, -0.15) is 5.10 Å². The maximum absolute atomic E-state index is 12.6. The second-order valence-corrected chi connectivity index (χ2v) is 6.22. The molecule has 1 aromatic carbocycles. The summed E-state index contributed by atoms with van der Waals surface area (Å²) in [6, 6.07) is 10.6. The number of carbonyl (C=O) groups is 1. The molecule has 4 nitrogen and oxygen atoms in total. The molecule has 1 fully saturated rings. The zero-order chi connectivity index (χ0) is 16.4. The Morgan fingerprint density at radius 2 is 2.00 bits per heavy atom. The molecule has 1 heterocycles. The molecule has 0 saturated heterocycles. The predicted molar refractivity (Wildman–Crippen MR) is 91.7 cm³/mol. The first-order valence-electron chi connectivity index (χ1n) is 8.09. The van der Waals surface area contributed by atoms with Gasteiger partial charge >= 0.3 is 0 Å². The molecule has 1 saturated carbocycles. The summed E-state index contributed by atoms with van der Waals surface area (Å²) in [6.07, 6.45) is 5.81. The number of aromatic nitrogens is 2. The Balaban J connectivity index is 1.75. The van der Waals surface area contributed by atoms with E-state index in [1.165, 1.54) is 5.56 Å². The average molecular weight is 309 g/mol. The van der Waals surface area contributed by atoms with E-state index in [9.17, 15) is 4.79 Å². The van der Waals surface area contributed by atoms with Gasteiger partial charge in [0, 0.05) is 37.0 Å². The van der Waals surface area contributed by atoms with Crippen LogP contribution >= 0.6 is 0 Å². The van der Waals surface area contributed by atoms with Gasteiger partial charge in [0.05, 0.1) is 5.69 Å². The van der Waals surface area contributed by atoms with Crippen LogP contribution in [0.15, 0.2) is 36.4 Å². The Hall–Kier alpha value is -2.36. The SMILES string of the molecule is Cc1nn(C)c(C)c1/C=C/C(=O)N(Cc1ccccc1)C1CC1. The molecule has 120 valence electrons. The average Bonchev–Trinajstić information content (AvgIpc) is 3.34. The molecule has 0 radical (unpaired) electrons. The number of nitrogens with zero attached hydrogens (tertiary/aromatic N) is 3. The van der Waals surface area contributed by atoms with E-state index in [4.69, 9.17) is 0 Å². The molecular formula is C19H23N3O. The van der Waals surface area contributed by atoms with Crippen molar-refractivity contribution in [3.63, 3.8) is 0 Å². The molecule has 0 bridgehead atoms. The number of benzene rings is 1.